The zero-order valence-corrected chi connectivity index (χ0v) is 14.5. The van der Waals surface area contributed by atoms with Crippen molar-refractivity contribution in [2.24, 2.45) is 0 Å². The molecule has 25 heavy (non-hydrogen) atoms. The monoisotopic (exact) mass is 344 g/mol. The smallest absolute Gasteiger partial charge is 0.411 e. The number of nitrogens with zero attached hydrogens (tertiary/aromatic N) is 1. The van der Waals surface area contributed by atoms with Crippen LogP contribution < -0.4 is 10.9 Å². The highest BCUT2D eigenvalue weighted by Gasteiger charge is 2.13. The number of benzene rings is 1. The van der Waals surface area contributed by atoms with Crippen LogP contribution in [0.4, 0.5) is 10.5 Å². The molecule has 1 aromatic carbocycles. The lowest BCUT2D eigenvalue weighted by Crippen LogP contribution is -2.24. The van der Waals surface area contributed by atoms with E-state index in [1.165, 1.54) is 25.7 Å². The van der Waals surface area contributed by atoms with E-state index < -0.39 is 6.09 Å². The van der Waals surface area contributed by atoms with Crippen molar-refractivity contribution in [3.8, 4) is 0 Å². The first kappa shape index (κ1) is 17.5. The number of likely N-dealkylation sites (tertiary alicyclic amines) is 1. The Morgan fingerprint density at radius 2 is 1.96 bits per heavy atom. The van der Waals surface area contributed by atoms with Gasteiger partial charge in [-0.2, -0.15) is 0 Å². The summed E-state index contributed by atoms with van der Waals surface area (Å²) in [5.74, 6) is 0. The number of anilines is 1. The SMILES string of the molecule is CCOC(=O)Nc1ccc2c(CN3CCCCCC3)cc(=O)oc2c1. The van der Waals surface area contributed by atoms with E-state index in [-0.39, 0.29) is 5.63 Å². The minimum absolute atomic E-state index is 0.300. The van der Waals surface area contributed by atoms with Crippen LogP contribution >= 0.6 is 0 Å². The fraction of sp³-hybridized carbons (Fsp3) is 0.474. The average molecular weight is 344 g/mol. The zero-order chi connectivity index (χ0) is 17.6. The van der Waals surface area contributed by atoms with Crippen molar-refractivity contribution in [2.45, 2.75) is 39.2 Å². The van der Waals surface area contributed by atoms with Crippen LogP contribution in [0.5, 0.6) is 0 Å². The highest BCUT2D eigenvalue weighted by molar-refractivity contribution is 5.89. The molecule has 0 radical (unpaired) electrons. The molecule has 1 aliphatic heterocycles. The van der Waals surface area contributed by atoms with Gasteiger partial charge in [0.1, 0.15) is 5.58 Å². The van der Waals surface area contributed by atoms with Crippen molar-refractivity contribution in [1.29, 1.82) is 0 Å². The molecule has 1 amide bonds. The molecule has 1 aliphatic rings. The summed E-state index contributed by atoms with van der Waals surface area (Å²) in [5.41, 5.74) is 1.62. The molecule has 6 nitrogen and oxygen atoms in total. The van der Waals surface area contributed by atoms with Crippen molar-refractivity contribution in [3.05, 3.63) is 40.2 Å². The number of amides is 1. The molecule has 6 heteroatoms. The van der Waals surface area contributed by atoms with Gasteiger partial charge >= 0.3 is 11.7 Å². The lowest BCUT2D eigenvalue weighted by atomic mass is 10.1. The molecular weight excluding hydrogens is 320 g/mol. The lowest BCUT2D eigenvalue weighted by Gasteiger charge is -2.20. The van der Waals surface area contributed by atoms with E-state index in [2.05, 4.69) is 10.2 Å². The molecule has 1 fully saturated rings. The third kappa shape index (κ3) is 4.60. The molecule has 0 saturated carbocycles. The molecule has 0 bridgehead atoms. The molecule has 1 saturated heterocycles. The van der Waals surface area contributed by atoms with E-state index in [4.69, 9.17) is 9.15 Å². The number of carbonyl (C=O) groups is 1. The Hall–Kier alpha value is -2.34. The minimum Gasteiger partial charge on any atom is -0.450 e. The third-order valence-corrected chi connectivity index (χ3v) is 4.44. The normalized spacial score (nSPS) is 15.7. The van der Waals surface area contributed by atoms with E-state index in [0.717, 1.165) is 30.6 Å². The van der Waals surface area contributed by atoms with Crippen LogP contribution in [0, 0.1) is 0 Å². The molecule has 0 aliphatic carbocycles. The third-order valence-electron chi connectivity index (χ3n) is 4.44. The fourth-order valence-corrected chi connectivity index (χ4v) is 3.26. The number of rotatable bonds is 4. The van der Waals surface area contributed by atoms with E-state index in [1.807, 2.05) is 6.07 Å². The Kier molecular flexibility index (Phi) is 5.71. The summed E-state index contributed by atoms with van der Waals surface area (Å²) >= 11 is 0. The number of carbonyl (C=O) groups excluding carboxylic acids is 1. The van der Waals surface area contributed by atoms with E-state index in [1.54, 1.807) is 25.1 Å². The largest absolute Gasteiger partial charge is 0.450 e. The van der Waals surface area contributed by atoms with Gasteiger partial charge < -0.3 is 9.15 Å². The Bertz CT molecular complexity index is 792. The van der Waals surface area contributed by atoms with Crippen molar-refractivity contribution < 1.29 is 13.9 Å². The van der Waals surface area contributed by atoms with Crippen LogP contribution in [0.3, 0.4) is 0 Å². The van der Waals surface area contributed by atoms with Crippen LogP contribution in [-0.4, -0.2) is 30.7 Å². The summed E-state index contributed by atoms with van der Waals surface area (Å²) in [4.78, 5) is 25.9. The number of hydrogen-bond acceptors (Lipinski definition) is 5. The summed E-state index contributed by atoms with van der Waals surface area (Å²) in [6.45, 7) is 4.91. The van der Waals surface area contributed by atoms with Gasteiger partial charge in [-0.25, -0.2) is 9.59 Å². The van der Waals surface area contributed by atoms with Crippen LogP contribution in [0.1, 0.15) is 38.2 Å². The second-order valence-electron chi connectivity index (χ2n) is 6.34. The number of fused-ring (bicyclic) bond motifs is 1. The quantitative estimate of drug-likeness (QED) is 0.856. The van der Waals surface area contributed by atoms with Crippen LogP contribution in [0.25, 0.3) is 11.0 Å². The number of hydrogen-bond donors (Lipinski definition) is 1. The molecule has 0 spiro atoms. The van der Waals surface area contributed by atoms with Crippen molar-refractivity contribution in [1.82, 2.24) is 4.90 Å². The maximum absolute atomic E-state index is 12.0. The van der Waals surface area contributed by atoms with Crippen molar-refractivity contribution in [2.75, 3.05) is 25.0 Å². The molecule has 1 aromatic heterocycles. The van der Waals surface area contributed by atoms with Crippen LogP contribution in [0.2, 0.25) is 0 Å². The standard InChI is InChI=1S/C19H24N2O4/c1-2-24-19(23)20-15-7-8-16-14(11-18(22)25-17(16)12-15)13-21-9-5-3-4-6-10-21/h7-8,11-12H,2-6,9-10,13H2,1H3,(H,20,23). The highest BCUT2D eigenvalue weighted by atomic mass is 16.5. The van der Waals surface area contributed by atoms with Gasteiger partial charge in [-0.1, -0.05) is 12.8 Å². The molecule has 3 rings (SSSR count). The summed E-state index contributed by atoms with van der Waals surface area (Å²) in [5, 5.41) is 3.53. The fourth-order valence-electron chi connectivity index (χ4n) is 3.26. The average Bonchev–Trinajstić information content (AvgIpc) is 2.83. The Morgan fingerprint density at radius 1 is 1.20 bits per heavy atom. The minimum atomic E-state index is -0.523. The van der Waals surface area contributed by atoms with Gasteiger partial charge in [-0.05, 0) is 50.6 Å². The van der Waals surface area contributed by atoms with Gasteiger partial charge in [0.2, 0.25) is 0 Å². The van der Waals surface area contributed by atoms with Crippen LogP contribution in [-0.2, 0) is 11.3 Å². The van der Waals surface area contributed by atoms with E-state index in [0.29, 0.717) is 17.9 Å². The van der Waals surface area contributed by atoms with Gasteiger partial charge in [0.05, 0.1) is 6.61 Å². The lowest BCUT2D eigenvalue weighted by molar-refractivity contribution is 0.168. The maximum Gasteiger partial charge on any atom is 0.411 e. The Balaban J connectivity index is 1.86. The predicted octanol–water partition coefficient (Wildman–Crippen LogP) is 3.74. The summed E-state index contributed by atoms with van der Waals surface area (Å²) in [7, 11) is 0. The molecule has 0 atom stereocenters. The molecule has 1 N–H and O–H groups in total. The maximum atomic E-state index is 12.0. The van der Waals surface area contributed by atoms with E-state index >= 15 is 0 Å². The molecule has 2 aromatic rings. The highest BCUT2D eigenvalue weighted by Crippen LogP contribution is 2.23. The first-order chi connectivity index (χ1) is 12.2. The van der Waals surface area contributed by atoms with Crippen molar-refractivity contribution in [3.63, 3.8) is 0 Å². The first-order valence-corrected chi connectivity index (χ1v) is 8.88. The molecule has 134 valence electrons. The van der Waals surface area contributed by atoms with Gasteiger partial charge in [0, 0.05) is 29.8 Å². The van der Waals surface area contributed by atoms with Crippen molar-refractivity contribution >= 4 is 22.7 Å². The topological polar surface area (TPSA) is 71.8 Å². The second kappa shape index (κ2) is 8.16. The zero-order valence-electron chi connectivity index (χ0n) is 14.5. The van der Waals surface area contributed by atoms with Gasteiger partial charge in [-0.3, -0.25) is 10.2 Å². The first-order valence-electron chi connectivity index (χ1n) is 8.88. The molecular formula is C19H24N2O4. The molecule has 2 heterocycles. The summed E-state index contributed by atoms with van der Waals surface area (Å²) in [6, 6.07) is 6.92. The Morgan fingerprint density at radius 3 is 2.68 bits per heavy atom. The second-order valence-corrected chi connectivity index (χ2v) is 6.34. The summed E-state index contributed by atoms with van der Waals surface area (Å²) in [6.07, 6.45) is 4.43. The summed E-state index contributed by atoms with van der Waals surface area (Å²) < 4.78 is 10.2. The Labute approximate surface area is 146 Å². The predicted molar refractivity (Wildman–Crippen MR) is 96.9 cm³/mol. The number of nitrogens with one attached hydrogen (secondary N) is 1. The van der Waals surface area contributed by atoms with Gasteiger partial charge in [0.15, 0.2) is 0 Å². The number of ether oxygens (including phenoxy) is 1. The van der Waals surface area contributed by atoms with Crippen LogP contribution in [0.15, 0.2) is 33.5 Å². The van der Waals surface area contributed by atoms with Gasteiger partial charge in [0.25, 0.3) is 0 Å². The molecule has 0 unspecified atom stereocenters. The van der Waals surface area contributed by atoms with E-state index in [9.17, 15) is 9.59 Å². The van der Waals surface area contributed by atoms with Gasteiger partial charge in [-0.15, -0.1) is 0 Å².